The van der Waals surface area contributed by atoms with Crippen LogP contribution in [0.2, 0.25) is 0 Å². The van der Waals surface area contributed by atoms with Crippen LogP contribution in [0.3, 0.4) is 0 Å². The predicted molar refractivity (Wildman–Crippen MR) is 278 cm³/mol. The molecule has 0 spiro atoms. The van der Waals surface area contributed by atoms with Gasteiger partial charge in [0, 0.05) is 18.2 Å². The first-order valence-electron chi connectivity index (χ1n) is 26.7. The first-order valence-corrected chi connectivity index (χ1v) is 26.7. The van der Waals surface area contributed by atoms with E-state index in [-0.39, 0.29) is 68.7 Å². The molecule has 3 N–H and O–H groups in total. The number of rotatable bonds is 36. The van der Waals surface area contributed by atoms with Crippen LogP contribution in [0.5, 0.6) is 34.5 Å². The van der Waals surface area contributed by atoms with Crippen LogP contribution in [-0.2, 0) is 28.6 Å². The molecule has 0 amide bonds. The molecular formula is C57H81N3O12. The third kappa shape index (κ3) is 19.5. The van der Waals surface area contributed by atoms with Crippen LogP contribution in [-0.4, -0.2) is 86.3 Å². The first-order chi connectivity index (χ1) is 35.0. The molecule has 72 heavy (non-hydrogen) atoms. The number of carbonyl (C=O) groups is 3. The number of phenolic OH excluding ortho intramolecular Hbond substituents is 3. The van der Waals surface area contributed by atoms with Gasteiger partial charge in [-0.25, -0.2) is 29.3 Å². The summed E-state index contributed by atoms with van der Waals surface area (Å²) in [6, 6.07) is 13.3. The van der Waals surface area contributed by atoms with Crippen LogP contribution >= 0.6 is 0 Å². The Morgan fingerprint density at radius 2 is 0.639 bits per heavy atom. The Labute approximate surface area is 427 Å². The van der Waals surface area contributed by atoms with Crippen LogP contribution in [0, 0.1) is 0 Å². The molecule has 0 aliphatic rings. The molecule has 0 radical (unpaired) electrons. The van der Waals surface area contributed by atoms with Gasteiger partial charge in [0.2, 0.25) is 0 Å². The van der Waals surface area contributed by atoms with Crippen molar-refractivity contribution in [3.05, 3.63) is 54.6 Å². The second-order valence-corrected chi connectivity index (χ2v) is 18.2. The fraction of sp³-hybridized carbons (Fsp3) is 0.579. The highest BCUT2D eigenvalue weighted by Crippen LogP contribution is 2.38. The Balaban J connectivity index is 1.60. The van der Waals surface area contributed by atoms with E-state index in [1.165, 1.54) is 55.7 Å². The summed E-state index contributed by atoms with van der Waals surface area (Å²) < 4.78 is 34.5. The van der Waals surface area contributed by atoms with Gasteiger partial charge in [-0.15, -0.1) is 0 Å². The van der Waals surface area contributed by atoms with Gasteiger partial charge in [0.1, 0.15) is 34.5 Å². The summed E-state index contributed by atoms with van der Waals surface area (Å²) in [5.41, 5.74) is 0.459. The number of hydrogen-bond acceptors (Lipinski definition) is 15. The highest BCUT2D eigenvalue weighted by atomic mass is 16.6. The van der Waals surface area contributed by atoms with Gasteiger partial charge in [-0.05, 0) is 74.9 Å². The van der Waals surface area contributed by atoms with E-state index in [0.717, 1.165) is 96.3 Å². The summed E-state index contributed by atoms with van der Waals surface area (Å²) in [6.07, 6.45) is 17.4. The lowest BCUT2D eigenvalue weighted by Gasteiger charge is -2.18. The molecule has 0 saturated carbocycles. The van der Waals surface area contributed by atoms with E-state index >= 15 is 0 Å². The lowest BCUT2D eigenvalue weighted by atomic mass is 10.1. The lowest BCUT2D eigenvalue weighted by Crippen LogP contribution is -2.29. The van der Waals surface area contributed by atoms with E-state index in [9.17, 15) is 29.7 Å². The second-order valence-electron chi connectivity index (χ2n) is 18.2. The highest BCUT2D eigenvalue weighted by Gasteiger charge is 2.25. The van der Waals surface area contributed by atoms with Gasteiger partial charge < -0.3 is 43.7 Å². The van der Waals surface area contributed by atoms with Gasteiger partial charge in [0.05, 0.1) is 36.5 Å². The molecule has 1 heterocycles. The largest absolute Gasteiger partial charge is 0.507 e. The van der Waals surface area contributed by atoms with Crippen LogP contribution in [0.15, 0.2) is 54.6 Å². The molecule has 0 saturated heterocycles. The fourth-order valence-corrected chi connectivity index (χ4v) is 7.89. The summed E-state index contributed by atoms with van der Waals surface area (Å²) in [4.78, 5) is 52.8. The van der Waals surface area contributed by atoms with E-state index in [1.54, 1.807) is 18.2 Å². The minimum Gasteiger partial charge on any atom is -0.507 e. The van der Waals surface area contributed by atoms with Crippen molar-refractivity contribution >= 4 is 17.9 Å². The van der Waals surface area contributed by atoms with Crippen molar-refractivity contribution in [1.82, 2.24) is 15.0 Å². The van der Waals surface area contributed by atoms with E-state index in [1.807, 2.05) is 20.8 Å². The Morgan fingerprint density at radius 1 is 0.389 bits per heavy atom. The third-order valence-corrected chi connectivity index (χ3v) is 12.2. The Kier molecular flexibility index (Phi) is 26.6. The number of carbonyl (C=O) groups excluding carboxylic acids is 3. The summed E-state index contributed by atoms with van der Waals surface area (Å²) in [7, 11) is 0. The normalized spacial score (nSPS) is 12.4. The van der Waals surface area contributed by atoms with E-state index in [2.05, 4.69) is 35.7 Å². The standard InChI is InChI=1S/C57H81N3O12/c1-7-13-16-19-22-25-34-67-55(64)49(10-4)70-40-28-31-43(46(61)37-40)52-58-53(44-32-29-41(38-47(44)62)71-50(11-5)56(65)68-35-26-23-20-17-14-8-2)60-54(59-52)45-33-30-42(39-48(45)63)72-51(12-6)57(66)69-36-27-24-21-18-15-9-3/h28-33,37-39,49-51,61-63H,7-27,34-36H2,1-6H3. The number of benzene rings is 3. The van der Waals surface area contributed by atoms with Crippen molar-refractivity contribution in [2.75, 3.05) is 19.8 Å². The maximum atomic E-state index is 13.0. The highest BCUT2D eigenvalue weighted by molar-refractivity contribution is 5.78. The lowest BCUT2D eigenvalue weighted by molar-refractivity contribution is -0.153. The number of phenols is 3. The number of ether oxygens (including phenoxy) is 6. The van der Waals surface area contributed by atoms with Crippen molar-refractivity contribution in [2.45, 2.75) is 195 Å². The van der Waals surface area contributed by atoms with Crippen molar-refractivity contribution in [1.29, 1.82) is 0 Å². The van der Waals surface area contributed by atoms with Crippen molar-refractivity contribution in [2.24, 2.45) is 0 Å². The number of esters is 3. The Morgan fingerprint density at radius 3 is 0.875 bits per heavy atom. The van der Waals surface area contributed by atoms with Gasteiger partial charge >= 0.3 is 17.9 Å². The van der Waals surface area contributed by atoms with Crippen molar-refractivity contribution < 1.29 is 58.1 Å². The van der Waals surface area contributed by atoms with Gasteiger partial charge in [-0.3, -0.25) is 0 Å². The average Bonchev–Trinajstić information content (AvgIpc) is 3.37. The van der Waals surface area contributed by atoms with Crippen molar-refractivity contribution in [3.8, 4) is 68.7 Å². The molecule has 0 aliphatic carbocycles. The number of unbranched alkanes of at least 4 members (excludes halogenated alkanes) is 15. The number of aromatic nitrogens is 3. The quantitative estimate of drug-likeness (QED) is 0.0220. The molecule has 1 aromatic heterocycles. The summed E-state index contributed by atoms with van der Waals surface area (Å²) in [5.74, 6) is -1.76. The number of aromatic hydroxyl groups is 3. The smallest absolute Gasteiger partial charge is 0.347 e. The van der Waals surface area contributed by atoms with Crippen LogP contribution in [0.4, 0.5) is 0 Å². The van der Waals surface area contributed by atoms with Crippen molar-refractivity contribution in [3.63, 3.8) is 0 Å². The van der Waals surface area contributed by atoms with Gasteiger partial charge in [-0.2, -0.15) is 0 Å². The minimum atomic E-state index is -0.901. The molecule has 0 bridgehead atoms. The molecule has 4 aromatic rings. The summed E-state index contributed by atoms with van der Waals surface area (Å²) in [5, 5.41) is 34.4. The third-order valence-electron chi connectivity index (χ3n) is 12.2. The van der Waals surface area contributed by atoms with Crippen LogP contribution < -0.4 is 14.2 Å². The maximum Gasteiger partial charge on any atom is 0.347 e. The molecule has 396 valence electrons. The maximum absolute atomic E-state index is 13.0. The molecule has 3 aromatic carbocycles. The topological polar surface area (TPSA) is 206 Å². The predicted octanol–water partition coefficient (Wildman–Crippen LogP) is 13.2. The Hall–Kier alpha value is -6.12. The molecule has 15 heteroatoms. The molecular weight excluding hydrogens is 919 g/mol. The second kappa shape index (κ2) is 32.8. The van der Waals surface area contributed by atoms with E-state index in [0.29, 0.717) is 39.1 Å². The van der Waals surface area contributed by atoms with Crippen LogP contribution in [0.1, 0.15) is 176 Å². The summed E-state index contributed by atoms with van der Waals surface area (Å²) in [6.45, 7) is 12.8. The fourth-order valence-electron chi connectivity index (χ4n) is 7.89. The molecule has 3 unspecified atom stereocenters. The number of hydrogen-bond donors (Lipinski definition) is 3. The first kappa shape index (κ1) is 58.5. The van der Waals surface area contributed by atoms with Gasteiger partial charge in [0.25, 0.3) is 0 Å². The zero-order valence-corrected chi connectivity index (χ0v) is 43.8. The minimum absolute atomic E-state index is 0.0257. The molecule has 15 nitrogen and oxygen atoms in total. The zero-order valence-electron chi connectivity index (χ0n) is 43.8. The average molecular weight is 1000 g/mol. The zero-order chi connectivity index (χ0) is 52.1. The SMILES string of the molecule is CCCCCCCCOC(=O)C(CC)Oc1ccc(-c2nc(-c3ccc(OC(CC)C(=O)OCCCCCCCC)cc3O)nc(-c3ccc(OC(CC)C(=O)OCCCCCCCC)cc3O)n2)c(O)c1. The monoisotopic (exact) mass is 1000 g/mol. The van der Waals surface area contributed by atoms with E-state index in [4.69, 9.17) is 28.4 Å². The molecule has 3 atom stereocenters. The summed E-state index contributed by atoms with van der Waals surface area (Å²) >= 11 is 0. The molecule has 0 aliphatic heterocycles. The van der Waals surface area contributed by atoms with E-state index < -0.39 is 36.2 Å². The van der Waals surface area contributed by atoms with Crippen LogP contribution in [0.25, 0.3) is 34.2 Å². The van der Waals surface area contributed by atoms with Gasteiger partial charge in [0.15, 0.2) is 35.8 Å². The Bertz CT molecular complexity index is 2000. The molecule has 0 fully saturated rings. The van der Waals surface area contributed by atoms with Gasteiger partial charge in [-0.1, -0.05) is 138 Å². The molecule has 4 rings (SSSR count). The number of nitrogens with zero attached hydrogens (tertiary/aromatic N) is 3.